The molecule has 1 unspecified atom stereocenters. The van der Waals surface area contributed by atoms with Crippen LogP contribution < -0.4 is 5.32 Å². The van der Waals surface area contributed by atoms with Gasteiger partial charge in [-0.3, -0.25) is 0 Å². The van der Waals surface area contributed by atoms with Crippen LogP contribution in [0.2, 0.25) is 0 Å². The molecule has 0 saturated carbocycles. The van der Waals surface area contributed by atoms with E-state index in [1.165, 1.54) is 0 Å². The minimum atomic E-state index is -0.346. The van der Waals surface area contributed by atoms with E-state index in [9.17, 15) is 5.11 Å². The lowest BCUT2D eigenvalue weighted by Gasteiger charge is -2.29. The molecule has 0 fully saturated rings. The van der Waals surface area contributed by atoms with Crippen molar-refractivity contribution >= 4 is 0 Å². The van der Waals surface area contributed by atoms with Crippen molar-refractivity contribution in [1.29, 1.82) is 0 Å². The highest BCUT2D eigenvalue weighted by Gasteiger charge is 2.22. The van der Waals surface area contributed by atoms with Gasteiger partial charge in [0.15, 0.2) is 0 Å². The molecule has 2 heteroatoms. The third-order valence-electron chi connectivity index (χ3n) is 1.89. The summed E-state index contributed by atoms with van der Waals surface area (Å²) in [4.78, 5) is 0. The van der Waals surface area contributed by atoms with Gasteiger partial charge in [-0.15, -0.1) is 0 Å². The van der Waals surface area contributed by atoms with E-state index < -0.39 is 0 Å². The van der Waals surface area contributed by atoms with Crippen molar-refractivity contribution in [3.63, 3.8) is 0 Å². The zero-order chi connectivity index (χ0) is 9.07. The number of hydrogen-bond acceptors (Lipinski definition) is 2. The lowest BCUT2D eigenvalue weighted by atomic mass is 9.98. The van der Waals surface area contributed by atoms with Crippen LogP contribution in [-0.2, 0) is 0 Å². The largest absolute Gasteiger partial charge is 0.392 e. The Morgan fingerprint density at radius 3 is 2.36 bits per heavy atom. The molecule has 0 aromatic rings. The minimum Gasteiger partial charge on any atom is -0.392 e. The lowest BCUT2D eigenvalue weighted by Crippen LogP contribution is -2.48. The number of aliphatic hydroxyl groups is 1. The average molecular weight is 157 g/mol. The van der Waals surface area contributed by atoms with Gasteiger partial charge in [0.1, 0.15) is 0 Å². The maximum absolute atomic E-state index is 9.30. The molecule has 66 valence electrons. The Labute approximate surface area is 69.3 Å². The van der Waals surface area contributed by atoms with E-state index in [0.717, 1.165) is 12.1 Å². The Bertz CT molecular complexity index is 138. The number of nitrogens with one attached hydrogen (secondary N) is 1. The SMILES string of the molecule is C=C(C)CNC(C)(C)C(C)O. The normalized spacial score (nSPS) is 14.6. The van der Waals surface area contributed by atoms with E-state index >= 15 is 0 Å². The first-order valence-electron chi connectivity index (χ1n) is 3.93. The molecule has 0 aliphatic heterocycles. The van der Waals surface area contributed by atoms with Gasteiger partial charge in [-0.2, -0.15) is 0 Å². The van der Waals surface area contributed by atoms with Crippen molar-refractivity contribution in [3.8, 4) is 0 Å². The molecular formula is C9H19NO. The Balaban J connectivity index is 3.82. The second-order valence-corrected chi connectivity index (χ2v) is 3.71. The van der Waals surface area contributed by atoms with Crippen LogP contribution in [0.3, 0.4) is 0 Å². The molecule has 0 aromatic heterocycles. The quantitative estimate of drug-likeness (QED) is 0.603. The predicted octanol–water partition coefficient (Wildman–Crippen LogP) is 1.31. The molecule has 0 aliphatic carbocycles. The molecule has 2 N–H and O–H groups in total. The molecule has 0 heterocycles. The maximum Gasteiger partial charge on any atom is 0.0688 e. The summed E-state index contributed by atoms with van der Waals surface area (Å²) < 4.78 is 0. The van der Waals surface area contributed by atoms with Gasteiger partial charge >= 0.3 is 0 Å². The maximum atomic E-state index is 9.30. The Hall–Kier alpha value is -0.340. The standard InChI is InChI=1S/C9H19NO/c1-7(2)6-10-9(4,5)8(3)11/h8,10-11H,1,6H2,2-5H3. The molecule has 0 radical (unpaired) electrons. The van der Waals surface area contributed by atoms with E-state index in [2.05, 4.69) is 11.9 Å². The van der Waals surface area contributed by atoms with Crippen molar-refractivity contribution < 1.29 is 5.11 Å². The van der Waals surface area contributed by atoms with Crippen molar-refractivity contribution in [3.05, 3.63) is 12.2 Å². The third-order valence-corrected chi connectivity index (χ3v) is 1.89. The van der Waals surface area contributed by atoms with Gasteiger partial charge in [-0.05, 0) is 27.7 Å². The van der Waals surface area contributed by atoms with E-state index in [1.54, 1.807) is 6.92 Å². The highest BCUT2D eigenvalue weighted by Crippen LogP contribution is 2.08. The third kappa shape index (κ3) is 4.17. The van der Waals surface area contributed by atoms with Crippen LogP contribution in [0.25, 0.3) is 0 Å². The van der Waals surface area contributed by atoms with E-state index in [4.69, 9.17) is 0 Å². The summed E-state index contributed by atoms with van der Waals surface area (Å²) in [5.41, 5.74) is 0.859. The summed E-state index contributed by atoms with van der Waals surface area (Å²) in [5.74, 6) is 0. The molecule has 11 heavy (non-hydrogen) atoms. The topological polar surface area (TPSA) is 32.3 Å². The van der Waals surface area contributed by atoms with Gasteiger partial charge in [-0.25, -0.2) is 0 Å². The molecule has 0 saturated heterocycles. The fourth-order valence-corrected chi connectivity index (χ4v) is 0.526. The zero-order valence-electron chi connectivity index (χ0n) is 7.94. The summed E-state index contributed by atoms with van der Waals surface area (Å²) in [5, 5.41) is 12.5. The highest BCUT2D eigenvalue weighted by atomic mass is 16.3. The van der Waals surface area contributed by atoms with Crippen molar-refractivity contribution in [2.75, 3.05) is 6.54 Å². The second-order valence-electron chi connectivity index (χ2n) is 3.71. The smallest absolute Gasteiger partial charge is 0.0688 e. The number of rotatable bonds is 4. The molecule has 0 rings (SSSR count). The first-order chi connectivity index (χ1) is 4.86. The summed E-state index contributed by atoms with van der Waals surface area (Å²) in [6.07, 6.45) is -0.346. The van der Waals surface area contributed by atoms with E-state index in [0.29, 0.717) is 0 Å². The van der Waals surface area contributed by atoms with Gasteiger partial charge in [0.05, 0.1) is 6.10 Å². The van der Waals surface area contributed by atoms with Gasteiger partial charge in [-0.1, -0.05) is 12.2 Å². The van der Waals surface area contributed by atoms with Crippen molar-refractivity contribution in [2.24, 2.45) is 0 Å². The van der Waals surface area contributed by atoms with Crippen LogP contribution in [0, 0.1) is 0 Å². The van der Waals surface area contributed by atoms with Crippen molar-refractivity contribution in [1.82, 2.24) is 5.32 Å². The first-order valence-corrected chi connectivity index (χ1v) is 3.93. The fourth-order valence-electron chi connectivity index (χ4n) is 0.526. The second kappa shape index (κ2) is 3.88. The Kier molecular flexibility index (Phi) is 3.76. The van der Waals surface area contributed by atoms with Crippen LogP contribution in [0.1, 0.15) is 27.7 Å². The van der Waals surface area contributed by atoms with Gasteiger partial charge in [0, 0.05) is 12.1 Å². The number of hydrogen-bond donors (Lipinski definition) is 2. The summed E-state index contributed by atoms with van der Waals surface area (Å²) in [7, 11) is 0. The molecule has 0 amide bonds. The van der Waals surface area contributed by atoms with Gasteiger partial charge in [0.2, 0.25) is 0 Å². The van der Waals surface area contributed by atoms with Crippen molar-refractivity contribution in [2.45, 2.75) is 39.3 Å². The fraction of sp³-hybridized carbons (Fsp3) is 0.778. The van der Waals surface area contributed by atoms with Crippen LogP contribution in [0.4, 0.5) is 0 Å². The molecule has 0 aromatic carbocycles. The molecular weight excluding hydrogens is 138 g/mol. The average Bonchev–Trinajstić information content (AvgIpc) is 1.84. The van der Waals surface area contributed by atoms with Gasteiger partial charge in [0.25, 0.3) is 0 Å². The van der Waals surface area contributed by atoms with Crippen LogP contribution in [-0.4, -0.2) is 23.3 Å². The van der Waals surface area contributed by atoms with Crippen LogP contribution in [0.5, 0.6) is 0 Å². The molecule has 1 atom stereocenters. The zero-order valence-corrected chi connectivity index (χ0v) is 7.94. The molecule has 0 spiro atoms. The molecule has 0 bridgehead atoms. The summed E-state index contributed by atoms with van der Waals surface area (Å²) in [6.45, 7) is 12.2. The first kappa shape index (κ1) is 10.7. The molecule has 0 aliphatic rings. The Morgan fingerprint density at radius 2 is 2.09 bits per heavy atom. The predicted molar refractivity (Wildman–Crippen MR) is 48.6 cm³/mol. The van der Waals surface area contributed by atoms with Gasteiger partial charge < -0.3 is 10.4 Å². The van der Waals surface area contributed by atoms with E-state index in [1.807, 2.05) is 20.8 Å². The summed E-state index contributed by atoms with van der Waals surface area (Å²) >= 11 is 0. The van der Waals surface area contributed by atoms with E-state index in [-0.39, 0.29) is 11.6 Å². The highest BCUT2D eigenvalue weighted by molar-refractivity contribution is 4.95. The monoisotopic (exact) mass is 157 g/mol. The number of aliphatic hydroxyl groups excluding tert-OH is 1. The minimum absolute atomic E-state index is 0.223. The summed E-state index contributed by atoms with van der Waals surface area (Å²) in [6, 6.07) is 0. The Morgan fingerprint density at radius 1 is 1.64 bits per heavy atom. The molecule has 2 nitrogen and oxygen atoms in total. The van der Waals surface area contributed by atoms with Crippen LogP contribution in [0.15, 0.2) is 12.2 Å². The lowest BCUT2D eigenvalue weighted by molar-refractivity contribution is 0.0989. The van der Waals surface area contributed by atoms with Crippen LogP contribution >= 0.6 is 0 Å².